The molecule has 1 N–H and O–H groups in total. The van der Waals surface area contributed by atoms with Gasteiger partial charge in [-0.15, -0.1) is 5.10 Å². The topological polar surface area (TPSA) is 85.6 Å². The summed E-state index contributed by atoms with van der Waals surface area (Å²) in [4.78, 5) is 20.3. The Kier molecular flexibility index (Phi) is 4.39. The first-order valence-corrected chi connectivity index (χ1v) is 6.50. The molecule has 0 aliphatic rings. The zero-order valence-electron chi connectivity index (χ0n) is 11.8. The van der Waals surface area contributed by atoms with Crippen molar-refractivity contribution in [3.05, 3.63) is 36.2 Å². The molecule has 0 aromatic carbocycles. The molecule has 0 saturated carbocycles. The fourth-order valence-corrected chi connectivity index (χ4v) is 1.71. The van der Waals surface area contributed by atoms with E-state index in [4.69, 9.17) is 0 Å². The van der Waals surface area contributed by atoms with Crippen LogP contribution < -0.4 is 5.32 Å². The Morgan fingerprint density at radius 1 is 1.35 bits per heavy atom. The molecule has 2 aromatic rings. The van der Waals surface area contributed by atoms with Gasteiger partial charge >= 0.3 is 0 Å². The molecule has 0 fully saturated rings. The third kappa shape index (κ3) is 3.59. The maximum Gasteiger partial charge on any atom is 0.271 e. The molecule has 0 aliphatic carbocycles. The second-order valence-electron chi connectivity index (χ2n) is 4.99. The Hall–Kier alpha value is -2.31. The monoisotopic (exact) mass is 274 g/mol. The van der Waals surface area contributed by atoms with E-state index in [0.717, 1.165) is 5.69 Å². The number of carbonyl (C=O) groups is 1. The van der Waals surface area contributed by atoms with E-state index in [-0.39, 0.29) is 17.9 Å². The van der Waals surface area contributed by atoms with Gasteiger partial charge in [0.25, 0.3) is 5.91 Å². The lowest BCUT2D eigenvalue weighted by atomic mass is 10.0. The van der Waals surface area contributed by atoms with Crippen molar-refractivity contribution in [2.75, 3.05) is 0 Å². The lowest BCUT2D eigenvalue weighted by Gasteiger charge is -2.21. The summed E-state index contributed by atoms with van der Waals surface area (Å²) in [5, 5.41) is 10.6. The third-order valence-corrected chi connectivity index (χ3v) is 2.99. The largest absolute Gasteiger partial charge is 0.346 e. The maximum absolute atomic E-state index is 12.1. The highest BCUT2D eigenvalue weighted by Crippen LogP contribution is 2.05. The fourth-order valence-electron chi connectivity index (χ4n) is 1.71. The minimum atomic E-state index is -0.226. The van der Waals surface area contributed by atoms with Gasteiger partial charge in [0.05, 0.1) is 30.7 Å². The molecule has 0 radical (unpaired) electrons. The van der Waals surface area contributed by atoms with Gasteiger partial charge in [0, 0.05) is 12.4 Å². The predicted octanol–water partition coefficient (Wildman–Crippen LogP) is 0.831. The highest BCUT2D eigenvalue weighted by molar-refractivity contribution is 5.92. The number of aryl methyl sites for hydroxylation is 1. The molecule has 1 amide bonds. The van der Waals surface area contributed by atoms with Crippen molar-refractivity contribution >= 4 is 5.91 Å². The van der Waals surface area contributed by atoms with Gasteiger partial charge in [-0.2, -0.15) is 0 Å². The zero-order chi connectivity index (χ0) is 14.5. The van der Waals surface area contributed by atoms with Crippen LogP contribution in [0.15, 0.2) is 24.8 Å². The summed E-state index contributed by atoms with van der Waals surface area (Å²) in [7, 11) is 0. The van der Waals surface area contributed by atoms with Crippen LogP contribution in [0.25, 0.3) is 0 Å². The maximum atomic E-state index is 12.1. The third-order valence-electron chi connectivity index (χ3n) is 2.99. The Morgan fingerprint density at radius 3 is 2.70 bits per heavy atom. The molecule has 106 valence electrons. The van der Waals surface area contributed by atoms with E-state index in [1.54, 1.807) is 23.3 Å². The summed E-state index contributed by atoms with van der Waals surface area (Å²) in [6.07, 6.45) is 6.45. The average Bonchev–Trinajstić information content (AvgIpc) is 2.91. The van der Waals surface area contributed by atoms with Crippen LogP contribution in [-0.2, 0) is 6.54 Å². The first-order valence-electron chi connectivity index (χ1n) is 6.50. The first-order chi connectivity index (χ1) is 9.56. The summed E-state index contributed by atoms with van der Waals surface area (Å²) in [5.41, 5.74) is 1.10. The Morgan fingerprint density at radius 2 is 2.15 bits per heavy atom. The highest BCUT2D eigenvalue weighted by Gasteiger charge is 2.19. The van der Waals surface area contributed by atoms with Crippen LogP contribution in [-0.4, -0.2) is 36.9 Å². The van der Waals surface area contributed by atoms with Crippen molar-refractivity contribution in [2.24, 2.45) is 5.92 Å². The molecule has 0 bridgehead atoms. The first kappa shape index (κ1) is 14.1. The van der Waals surface area contributed by atoms with Crippen molar-refractivity contribution in [2.45, 2.75) is 33.4 Å². The van der Waals surface area contributed by atoms with Crippen LogP contribution in [0.1, 0.15) is 30.0 Å². The lowest BCUT2D eigenvalue weighted by Crippen LogP contribution is -2.42. The molecule has 7 nitrogen and oxygen atoms in total. The average molecular weight is 274 g/mol. The van der Waals surface area contributed by atoms with Crippen molar-refractivity contribution < 1.29 is 4.79 Å². The van der Waals surface area contributed by atoms with Crippen LogP contribution in [0.3, 0.4) is 0 Å². The molecule has 1 atom stereocenters. The smallest absolute Gasteiger partial charge is 0.271 e. The fraction of sp³-hybridized carbons (Fsp3) is 0.462. The van der Waals surface area contributed by atoms with Crippen LogP contribution in [0.5, 0.6) is 0 Å². The predicted molar refractivity (Wildman–Crippen MR) is 72.9 cm³/mol. The van der Waals surface area contributed by atoms with Gasteiger partial charge in [-0.25, -0.2) is 4.98 Å². The second kappa shape index (κ2) is 6.23. The van der Waals surface area contributed by atoms with Crippen molar-refractivity contribution in [1.82, 2.24) is 30.3 Å². The van der Waals surface area contributed by atoms with Gasteiger partial charge in [-0.05, 0) is 12.8 Å². The van der Waals surface area contributed by atoms with E-state index < -0.39 is 0 Å². The van der Waals surface area contributed by atoms with Crippen LogP contribution >= 0.6 is 0 Å². The lowest BCUT2D eigenvalue weighted by molar-refractivity contribution is 0.0913. The zero-order valence-corrected chi connectivity index (χ0v) is 11.8. The number of carbonyl (C=O) groups excluding carboxylic acids is 1. The summed E-state index contributed by atoms with van der Waals surface area (Å²) in [6.45, 7) is 6.49. The van der Waals surface area contributed by atoms with E-state index in [9.17, 15) is 4.79 Å². The van der Waals surface area contributed by atoms with E-state index in [2.05, 4.69) is 25.6 Å². The number of amides is 1. The molecule has 7 heteroatoms. The summed E-state index contributed by atoms with van der Waals surface area (Å²) >= 11 is 0. The SMILES string of the molecule is Cc1cnc(C(=O)NC(Cn2ccnn2)C(C)C)cn1. The quantitative estimate of drug-likeness (QED) is 0.873. The number of aromatic nitrogens is 5. The van der Waals surface area contributed by atoms with Gasteiger partial charge in [0.15, 0.2) is 0 Å². The van der Waals surface area contributed by atoms with Gasteiger partial charge in [0.1, 0.15) is 5.69 Å². The Labute approximate surface area is 117 Å². The van der Waals surface area contributed by atoms with Crippen LogP contribution in [0, 0.1) is 12.8 Å². The molecule has 2 aromatic heterocycles. The van der Waals surface area contributed by atoms with Crippen molar-refractivity contribution in [3.63, 3.8) is 0 Å². The van der Waals surface area contributed by atoms with E-state index in [1.165, 1.54) is 6.20 Å². The second-order valence-corrected chi connectivity index (χ2v) is 4.99. The molecule has 1 unspecified atom stereocenters. The Balaban J connectivity index is 2.04. The number of hydrogen-bond acceptors (Lipinski definition) is 5. The van der Waals surface area contributed by atoms with Crippen molar-refractivity contribution in [3.8, 4) is 0 Å². The van der Waals surface area contributed by atoms with Crippen LogP contribution in [0.4, 0.5) is 0 Å². The molecule has 0 saturated heterocycles. The number of nitrogens with one attached hydrogen (secondary N) is 1. The summed E-state index contributed by atoms with van der Waals surface area (Å²) in [5.74, 6) is 0.0397. The molecule has 0 spiro atoms. The summed E-state index contributed by atoms with van der Waals surface area (Å²) < 4.78 is 1.70. The normalized spacial score (nSPS) is 12.4. The molecular weight excluding hydrogens is 256 g/mol. The van der Waals surface area contributed by atoms with E-state index in [1.807, 2.05) is 20.8 Å². The molecule has 2 rings (SSSR count). The molecule has 20 heavy (non-hydrogen) atoms. The molecule has 0 aliphatic heterocycles. The minimum absolute atomic E-state index is 0.0488. The highest BCUT2D eigenvalue weighted by atomic mass is 16.2. The minimum Gasteiger partial charge on any atom is -0.346 e. The number of rotatable bonds is 5. The summed E-state index contributed by atoms with van der Waals surface area (Å²) in [6, 6.07) is -0.0488. The standard InChI is InChI=1S/C13H18N6O/c1-9(2)12(8-19-5-4-16-18-19)17-13(20)11-7-14-10(3)6-15-11/h4-7,9,12H,8H2,1-3H3,(H,17,20). The number of hydrogen-bond donors (Lipinski definition) is 1. The van der Waals surface area contributed by atoms with Gasteiger partial charge in [-0.1, -0.05) is 19.1 Å². The van der Waals surface area contributed by atoms with Gasteiger partial charge in [0.2, 0.25) is 0 Å². The van der Waals surface area contributed by atoms with E-state index in [0.29, 0.717) is 12.2 Å². The molecule has 2 heterocycles. The van der Waals surface area contributed by atoms with Crippen LogP contribution in [0.2, 0.25) is 0 Å². The van der Waals surface area contributed by atoms with Crippen molar-refractivity contribution in [1.29, 1.82) is 0 Å². The molecular formula is C13H18N6O. The van der Waals surface area contributed by atoms with E-state index >= 15 is 0 Å². The Bertz CT molecular complexity index is 549. The number of nitrogens with zero attached hydrogens (tertiary/aromatic N) is 5. The van der Waals surface area contributed by atoms with Gasteiger partial charge in [-0.3, -0.25) is 14.5 Å². The van der Waals surface area contributed by atoms with Gasteiger partial charge < -0.3 is 5.32 Å².